The van der Waals surface area contributed by atoms with Gasteiger partial charge in [-0.15, -0.1) is 0 Å². The first-order valence-corrected chi connectivity index (χ1v) is 9.70. The molecule has 0 bridgehead atoms. The molecule has 0 aliphatic carbocycles. The number of primary amides is 1. The number of nitrogens with one attached hydrogen (secondary N) is 2. The Kier molecular flexibility index (Phi) is 6.36. The Balaban J connectivity index is 1.70. The van der Waals surface area contributed by atoms with Crippen LogP contribution in [0, 0.1) is 0 Å². The minimum atomic E-state index is -1.17. The van der Waals surface area contributed by atoms with E-state index in [1.807, 2.05) is 24.3 Å². The Labute approximate surface area is 172 Å². The first-order valence-electron chi connectivity index (χ1n) is 9.70. The molecule has 3 rings (SSSR count). The summed E-state index contributed by atoms with van der Waals surface area (Å²) in [5.41, 5.74) is 12.5. The van der Waals surface area contributed by atoms with Crippen LogP contribution in [-0.4, -0.2) is 63.4 Å². The van der Waals surface area contributed by atoms with E-state index < -0.39 is 41.8 Å². The number of hydrogen-bond acceptors (Lipinski definition) is 5. The molecule has 0 radical (unpaired) electrons. The highest BCUT2D eigenvalue weighted by atomic mass is 16.4. The molecule has 1 aromatic carbocycles. The fraction of sp³-hybridized carbons (Fsp3) is 0.400. The number of amides is 3. The number of H-pyrrole nitrogens is 1. The minimum absolute atomic E-state index is 0.0902. The third-order valence-corrected chi connectivity index (χ3v) is 5.29. The molecule has 1 aromatic heterocycles. The molecule has 10 nitrogen and oxygen atoms in total. The third-order valence-electron chi connectivity index (χ3n) is 5.29. The smallest absolute Gasteiger partial charge is 0.326 e. The van der Waals surface area contributed by atoms with E-state index in [4.69, 9.17) is 11.5 Å². The van der Waals surface area contributed by atoms with Gasteiger partial charge in [0.05, 0.1) is 12.5 Å². The maximum atomic E-state index is 12.8. The van der Waals surface area contributed by atoms with Crippen molar-refractivity contribution in [1.29, 1.82) is 0 Å². The average molecular weight is 415 g/mol. The minimum Gasteiger partial charge on any atom is -0.480 e. The van der Waals surface area contributed by atoms with Crippen molar-refractivity contribution in [3.63, 3.8) is 0 Å². The zero-order chi connectivity index (χ0) is 21.8. The molecule has 30 heavy (non-hydrogen) atoms. The van der Waals surface area contributed by atoms with Crippen LogP contribution in [0.25, 0.3) is 10.9 Å². The van der Waals surface area contributed by atoms with Crippen LogP contribution in [0.4, 0.5) is 0 Å². The molecule has 3 amide bonds. The van der Waals surface area contributed by atoms with E-state index in [1.165, 1.54) is 4.90 Å². The van der Waals surface area contributed by atoms with Crippen LogP contribution in [0.3, 0.4) is 0 Å². The van der Waals surface area contributed by atoms with Gasteiger partial charge in [-0.3, -0.25) is 14.4 Å². The van der Waals surface area contributed by atoms with Crippen molar-refractivity contribution in [2.45, 2.75) is 43.8 Å². The highest BCUT2D eigenvalue weighted by molar-refractivity contribution is 5.94. The predicted molar refractivity (Wildman–Crippen MR) is 108 cm³/mol. The van der Waals surface area contributed by atoms with Gasteiger partial charge < -0.3 is 31.8 Å². The van der Waals surface area contributed by atoms with E-state index in [1.54, 1.807) is 6.20 Å². The molecule has 2 aromatic rings. The zero-order valence-electron chi connectivity index (χ0n) is 16.3. The largest absolute Gasteiger partial charge is 0.480 e. The SMILES string of the molecule is NC(=O)C[C@H](N)C(=O)N1CCC[C@H]1C(=O)N[C@@H](Cc1c[nH]c2ccccc12)C(=O)O. The van der Waals surface area contributed by atoms with Gasteiger partial charge in [0, 0.05) is 30.1 Å². The number of nitrogens with two attached hydrogens (primary N) is 2. The van der Waals surface area contributed by atoms with E-state index in [2.05, 4.69) is 10.3 Å². The maximum absolute atomic E-state index is 12.8. The third kappa shape index (κ3) is 4.60. The van der Waals surface area contributed by atoms with Crippen molar-refractivity contribution >= 4 is 34.6 Å². The Bertz CT molecular complexity index is 971. The fourth-order valence-electron chi connectivity index (χ4n) is 3.81. The van der Waals surface area contributed by atoms with Crippen molar-refractivity contribution in [3.05, 3.63) is 36.0 Å². The van der Waals surface area contributed by atoms with Crippen molar-refractivity contribution in [3.8, 4) is 0 Å². The van der Waals surface area contributed by atoms with Crippen LogP contribution in [0.15, 0.2) is 30.5 Å². The van der Waals surface area contributed by atoms with Crippen LogP contribution < -0.4 is 16.8 Å². The lowest BCUT2D eigenvalue weighted by Gasteiger charge is -2.27. The van der Waals surface area contributed by atoms with Crippen molar-refractivity contribution in [2.24, 2.45) is 11.5 Å². The number of aliphatic carboxylic acids is 1. The number of aromatic amines is 1. The molecule has 0 spiro atoms. The fourth-order valence-corrected chi connectivity index (χ4v) is 3.81. The van der Waals surface area contributed by atoms with Gasteiger partial charge in [0.15, 0.2) is 0 Å². The number of aromatic nitrogens is 1. The van der Waals surface area contributed by atoms with Crippen molar-refractivity contribution in [1.82, 2.24) is 15.2 Å². The summed E-state index contributed by atoms with van der Waals surface area (Å²) >= 11 is 0. The number of para-hydroxylation sites is 1. The van der Waals surface area contributed by atoms with Crippen LogP contribution in [0.5, 0.6) is 0 Å². The lowest BCUT2D eigenvalue weighted by Crippen LogP contribution is -2.54. The summed E-state index contributed by atoms with van der Waals surface area (Å²) in [5.74, 6) is -2.98. The highest BCUT2D eigenvalue weighted by Gasteiger charge is 2.37. The van der Waals surface area contributed by atoms with Gasteiger partial charge >= 0.3 is 5.97 Å². The molecule has 1 fully saturated rings. The number of carbonyl (C=O) groups excluding carboxylic acids is 3. The van der Waals surface area contributed by atoms with Crippen molar-refractivity contribution in [2.75, 3.05) is 6.54 Å². The quantitative estimate of drug-likeness (QED) is 0.388. The molecule has 0 unspecified atom stereocenters. The number of carboxylic acids is 1. The maximum Gasteiger partial charge on any atom is 0.326 e. The number of carboxylic acid groups (broad SMARTS) is 1. The number of hydrogen-bond donors (Lipinski definition) is 5. The highest BCUT2D eigenvalue weighted by Crippen LogP contribution is 2.21. The predicted octanol–water partition coefficient (Wildman–Crippen LogP) is -0.526. The van der Waals surface area contributed by atoms with Gasteiger partial charge in [-0.05, 0) is 24.5 Å². The summed E-state index contributed by atoms with van der Waals surface area (Å²) in [4.78, 5) is 52.5. The lowest BCUT2D eigenvalue weighted by molar-refractivity contribution is -0.144. The topological polar surface area (TPSA) is 172 Å². The number of nitrogens with zero attached hydrogens (tertiary/aromatic N) is 1. The molecule has 3 atom stereocenters. The molecule has 0 saturated carbocycles. The summed E-state index contributed by atoms with van der Waals surface area (Å²) in [7, 11) is 0. The van der Waals surface area contributed by atoms with Crippen molar-refractivity contribution < 1.29 is 24.3 Å². The van der Waals surface area contributed by atoms with E-state index in [-0.39, 0.29) is 12.8 Å². The van der Waals surface area contributed by atoms with E-state index >= 15 is 0 Å². The molecule has 10 heteroatoms. The standard InChI is InChI=1S/C20H25N5O5/c21-13(9-17(22)26)19(28)25-7-3-6-16(25)18(27)24-15(20(29)30)8-11-10-23-14-5-2-1-4-12(11)14/h1-2,4-5,10,13,15-16,23H,3,6-9,21H2,(H2,22,26)(H,24,27)(H,29,30)/t13-,15-,16-/m0/s1. The molecular formula is C20H25N5O5. The zero-order valence-corrected chi connectivity index (χ0v) is 16.3. The van der Waals surface area contributed by atoms with Crippen LogP contribution in [0.1, 0.15) is 24.8 Å². The second kappa shape index (κ2) is 8.95. The summed E-state index contributed by atoms with van der Waals surface area (Å²) in [6, 6.07) is 4.36. The molecule has 2 heterocycles. The second-order valence-electron chi connectivity index (χ2n) is 7.43. The van der Waals surface area contributed by atoms with Crippen LogP contribution in [-0.2, 0) is 25.6 Å². The Morgan fingerprint density at radius 1 is 1.27 bits per heavy atom. The number of rotatable bonds is 8. The first kappa shape index (κ1) is 21.3. The molecule has 160 valence electrons. The van der Waals surface area contributed by atoms with Crippen LogP contribution in [0.2, 0.25) is 0 Å². The number of likely N-dealkylation sites (tertiary alicyclic amines) is 1. The normalized spacial score (nSPS) is 18.2. The summed E-state index contributed by atoms with van der Waals surface area (Å²) in [6.07, 6.45) is 2.46. The summed E-state index contributed by atoms with van der Waals surface area (Å²) in [5, 5.41) is 13.1. The number of carbonyl (C=O) groups is 4. The monoisotopic (exact) mass is 415 g/mol. The second-order valence-corrected chi connectivity index (χ2v) is 7.43. The first-order chi connectivity index (χ1) is 14.3. The van der Waals surface area contributed by atoms with Gasteiger partial charge in [0.1, 0.15) is 12.1 Å². The molecule has 1 aliphatic heterocycles. The Morgan fingerprint density at radius 3 is 2.70 bits per heavy atom. The van der Waals surface area contributed by atoms with E-state index in [0.29, 0.717) is 19.4 Å². The number of benzene rings is 1. The summed E-state index contributed by atoms with van der Waals surface area (Å²) in [6.45, 7) is 0.309. The van der Waals surface area contributed by atoms with Gasteiger partial charge in [0.2, 0.25) is 17.7 Å². The Hall–Kier alpha value is -3.40. The number of fused-ring (bicyclic) bond motifs is 1. The lowest BCUT2D eigenvalue weighted by atomic mass is 10.0. The molecular weight excluding hydrogens is 390 g/mol. The summed E-state index contributed by atoms with van der Waals surface area (Å²) < 4.78 is 0. The van der Waals surface area contributed by atoms with Crippen LogP contribution >= 0.6 is 0 Å². The van der Waals surface area contributed by atoms with Gasteiger partial charge in [0.25, 0.3) is 0 Å². The molecule has 1 aliphatic rings. The van der Waals surface area contributed by atoms with Gasteiger partial charge in [-0.2, -0.15) is 0 Å². The van der Waals surface area contributed by atoms with Gasteiger partial charge in [-0.1, -0.05) is 18.2 Å². The Morgan fingerprint density at radius 2 is 2.00 bits per heavy atom. The van der Waals surface area contributed by atoms with Gasteiger partial charge in [-0.25, -0.2) is 4.79 Å². The average Bonchev–Trinajstić information content (AvgIpc) is 3.33. The van der Waals surface area contributed by atoms with E-state index in [9.17, 15) is 24.3 Å². The molecule has 7 N–H and O–H groups in total. The van der Waals surface area contributed by atoms with E-state index in [0.717, 1.165) is 16.5 Å². The molecule has 1 saturated heterocycles.